The summed E-state index contributed by atoms with van der Waals surface area (Å²) < 4.78 is 0.927. The standard InChI is InChI=1S/C12H15BrN2O3/c1-15(12(18)10(14)6-11(16)17)7-8-3-2-4-9(13)5-8/h2-5,10H,6-7,14H2,1H3,(H,16,17). The molecule has 1 aromatic carbocycles. The third kappa shape index (κ3) is 4.46. The molecule has 0 heterocycles. The molecule has 1 aromatic rings. The molecule has 0 spiro atoms. The molecule has 1 amide bonds. The van der Waals surface area contributed by atoms with Crippen LogP contribution in [-0.2, 0) is 16.1 Å². The van der Waals surface area contributed by atoms with E-state index in [9.17, 15) is 9.59 Å². The minimum Gasteiger partial charge on any atom is -0.481 e. The minimum atomic E-state index is -1.08. The first-order valence-electron chi connectivity index (χ1n) is 5.37. The van der Waals surface area contributed by atoms with Crippen LogP contribution in [0.4, 0.5) is 0 Å². The molecule has 3 N–H and O–H groups in total. The lowest BCUT2D eigenvalue weighted by molar-refractivity contribution is -0.141. The average Bonchev–Trinajstić information content (AvgIpc) is 2.27. The number of carbonyl (C=O) groups is 2. The van der Waals surface area contributed by atoms with Gasteiger partial charge in [0.1, 0.15) is 0 Å². The maximum atomic E-state index is 11.8. The Morgan fingerprint density at radius 1 is 1.50 bits per heavy atom. The van der Waals surface area contributed by atoms with Crippen molar-refractivity contribution in [1.82, 2.24) is 4.90 Å². The van der Waals surface area contributed by atoms with Gasteiger partial charge in [0.25, 0.3) is 0 Å². The van der Waals surface area contributed by atoms with Gasteiger partial charge in [0, 0.05) is 18.1 Å². The zero-order valence-corrected chi connectivity index (χ0v) is 11.6. The Bertz CT molecular complexity index is 451. The highest BCUT2D eigenvalue weighted by atomic mass is 79.9. The maximum absolute atomic E-state index is 11.8. The number of nitrogens with zero attached hydrogens (tertiary/aromatic N) is 1. The van der Waals surface area contributed by atoms with Crippen molar-refractivity contribution in [3.63, 3.8) is 0 Å². The van der Waals surface area contributed by atoms with Crippen molar-refractivity contribution in [2.45, 2.75) is 19.0 Å². The fourth-order valence-corrected chi connectivity index (χ4v) is 1.99. The molecule has 1 unspecified atom stereocenters. The van der Waals surface area contributed by atoms with Crippen LogP contribution < -0.4 is 5.73 Å². The molecule has 0 radical (unpaired) electrons. The summed E-state index contributed by atoms with van der Waals surface area (Å²) in [6, 6.07) is 6.54. The maximum Gasteiger partial charge on any atom is 0.305 e. The summed E-state index contributed by atoms with van der Waals surface area (Å²) in [7, 11) is 1.60. The summed E-state index contributed by atoms with van der Waals surface area (Å²) in [5.41, 5.74) is 6.47. The smallest absolute Gasteiger partial charge is 0.305 e. The molecule has 0 aliphatic rings. The van der Waals surface area contributed by atoms with Crippen molar-refractivity contribution >= 4 is 27.8 Å². The molecule has 1 rings (SSSR count). The Morgan fingerprint density at radius 3 is 2.72 bits per heavy atom. The summed E-state index contributed by atoms with van der Waals surface area (Å²) in [5.74, 6) is -1.45. The van der Waals surface area contributed by atoms with Crippen LogP contribution in [0.25, 0.3) is 0 Å². The fourth-order valence-electron chi connectivity index (χ4n) is 1.55. The highest BCUT2D eigenvalue weighted by Gasteiger charge is 2.20. The molecule has 0 fully saturated rings. The van der Waals surface area contributed by atoms with Crippen LogP contribution in [0.1, 0.15) is 12.0 Å². The highest BCUT2D eigenvalue weighted by molar-refractivity contribution is 9.10. The second-order valence-electron chi connectivity index (χ2n) is 4.03. The van der Waals surface area contributed by atoms with Crippen LogP contribution in [0.3, 0.4) is 0 Å². The van der Waals surface area contributed by atoms with Crippen LogP contribution in [-0.4, -0.2) is 35.0 Å². The van der Waals surface area contributed by atoms with E-state index in [0.717, 1.165) is 10.0 Å². The lowest BCUT2D eigenvalue weighted by Gasteiger charge is -2.20. The van der Waals surface area contributed by atoms with Gasteiger partial charge in [0.2, 0.25) is 5.91 Å². The number of hydrogen-bond donors (Lipinski definition) is 2. The summed E-state index contributed by atoms with van der Waals surface area (Å²) >= 11 is 3.34. The zero-order chi connectivity index (χ0) is 13.7. The molecule has 0 aliphatic carbocycles. The number of benzene rings is 1. The van der Waals surface area contributed by atoms with Crippen LogP contribution in [0, 0.1) is 0 Å². The number of halogens is 1. The number of hydrogen-bond acceptors (Lipinski definition) is 3. The largest absolute Gasteiger partial charge is 0.481 e. The highest BCUT2D eigenvalue weighted by Crippen LogP contribution is 2.13. The van der Waals surface area contributed by atoms with E-state index in [2.05, 4.69) is 15.9 Å². The number of aliphatic carboxylic acids is 1. The Labute approximate surface area is 114 Å². The Morgan fingerprint density at radius 2 is 2.17 bits per heavy atom. The van der Waals surface area contributed by atoms with E-state index in [-0.39, 0.29) is 12.3 Å². The molecule has 5 nitrogen and oxygen atoms in total. The van der Waals surface area contributed by atoms with Gasteiger partial charge in [0.15, 0.2) is 0 Å². The SMILES string of the molecule is CN(Cc1cccc(Br)c1)C(=O)C(N)CC(=O)O. The molecule has 0 bridgehead atoms. The molecule has 1 atom stereocenters. The van der Waals surface area contributed by atoms with Crippen LogP contribution in [0.15, 0.2) is 28.7 Å². The monoisotopic (exact) mass is 314 g/mol. The molecule has 0 aromatic heterocycles. The molecule has 6 heteroatoms. The Balaban J connectivity index is 2.62. The van der Waals surface area contributed by atoms with Crippen LogP contribution in [0.2, 0.25) is 0 Å². The fraction of sp³-hybridized carbons (Fsp3) is 0.333. The molecule has 0 aliphatic heterocycles. The van der Waals surface area contributed by atoms with E-state index in [1.807, 2.05) is 24.3 Å². The summed E-state index contributed by atoms with van der Waals surface area (Å²) in [4.78, 5) is 23.7. The minimum absolute atomic E-state index is 0.359. The van der Waals surface area contributed by atoms with Gasteiger partial charge in [-0.1, -0.05) is 28.1 Å². The molecule has 0 saturated carbocycles. The summed E-state index contributed by atoms with van der Waals surface area (Å²) in [6.07, 6.45) is -0.359. The van der Waals surface area contributed by atoms with E-state index in [1.54, 1.807) is 7.05 Å². The lowest BCUT2D eigenvalue weighted by Crippen LogP contribution is -2.42. The van der Waals surface area contributed by atoms with Gasteiger partial charge in [0.05, 0.1) is 12.5 Å². The van der Waals surface area contributed by atoms with Crippen LogP contribution in [0.5, 0.6) is 0 Å². The van der Waals surface area contributed by atoms with Crippen LogP contribution >= 0.6 is 15.9 Å². The number of likely N-dealkylation sites (N-methyl/N-ethyl adjacent to an activating group) is 1. The van der Waals surface area contributed by atoms with Gasteiger partial charge < -0.3 is 15.7 Å². The number of nitrogens with two attached hydrogens (primary N) is 1. The second kappa shape index (κ2) is 6.51. The number of carboxylic acid groups (broad SMARTS) is 1. The quantitative estimate of drug-likeness (QED) is 0.855. The van der Waals surface area contributed by atoms with Gasteiger partial charge in [-0.3, -0.25) is 9.59 Å². The van der Waals surface area contributed by atoms with Crippen molar-refractivity contribution in [3.8, 4) is 0 Å². The second-order valence-corrected chi connectivity index (χ2v) is 4.94. The first-order chi connectivity index (χ1) is 8.40. The van der Waals surface area contributed by atoms with Crippen molar-refractivity contribution in [3.05, 3.63) is 34.3 Å². The average molecular weight is 315 g/mol. The van der Waals surface area contributed by atoms with E-state index in [4.69, 9.17) is 10.8 Å². The van der Waals surface area contributed by atoms with Gasteiger partial charge in [-0.05, 0) is 17.7 Å². The number of carbonyl (C=O) groups excluding carboxylic acids is 1. The van der Waals surface area contributed by atoms with Crippen molar-refractivity contribution < 1.29 is 14.7 Å². The first kappa shape index (κ1) is 14.7. The van der Waals surface area contributed by atoms with Crippen molar-refractivity contribution in [1.29, 1.82) is 0 Å². The van der Waals surface area contributed by atoms with Crippen molar-refractivity contribution in [2.24, 2.45) is 5.73 Å². The van der Waals surface area contributed by atoms with Gasteiger partial charge in [-0.2, -0.15) is 0 Å². The predicted molar refractivity (Wildman–Crippen MR) is 70.8 cm³/mol. The number of carboxylic acids is 1. The number of amides is 1. The topological polar surface area (TPSA) is 83.6 Å². The Hall–Kier alpha value is -1.40. The Kier molecular flexibility index (Phi) is 5.30. The summed E-state index contributed by atoms with van der Waals surface area (Å²) in [6.45, 7) is 0.394. The van der Waals surface area contributed by atoms with Crippen molar-refractivity contribution in [2.75, 3.05) is 7.05 Å². The molecule has 98 valence electrons. The van der Waals surface area contributed by atoms with E-state index in [0.29, 0.717) is 6.54 Å². The molecular weight excluding hydrogens is 300 g/mol. The molecule has 0 saturated heterocycles. The lowest BCUT2D eigenvalue weighted by atomic mass is 10.1. The van der Waals surface area contributed by atoms with E-state index >= 15 is 0 Å². The predicted octanol–water partition coefficient (Wildman–Crippen LogP) is 1.21. The normalized spacial score (nSPS) is 11.9. The van der Waals surface area contributed by atoms with Gasteiger partial charge in [-0.25, -0.2) is 0 Å². The van der Waals surface area contributed by atoms with Gasteiger partial charge in [-0.15, -0.1) is 0 Å². The third-order valence-corrected chi connectivity index (χ3v) is 2.89. The molecule has 18 heavy (non-hydrogen) atoms. The molecular formula is C12H15BrN2O3. The first-order valence-corrected chi connectivity index (χ1v) is 6.16. The third-order valence-electron chi connectivity index (χ3n) is 2.40. The van der Waals surface area contributed by atoms with E-state index < -0.39 is 12.0 Å². The summed E-state index contributed by atoms with van der Waals surface area (Å²) in [5, 5.41) is 8.58. The number of rotatable bonds is 5. The van der Waals surface area contributed by atoms with Gasteiger partial charge >= 0.3 is 5.97 Å². The van der Waals surface area contributed by atoms with E-state index in [1.165, 1.54) is 4.90 Å². The zero-order valence-electron chi connectivity index (χ0n) is 9.97.